The molecule has 1 atom stereocenters. The van der Waals surface area contributed by atoms with Crippen LogP contribution in [0.15, 0.2) is 24.3 Å². The number of nitrogens with zero attached hydrogens (tertiary/aromatic N) is 2. The molecule has 16 heavy (non-hydrogen) atoms. The maximum atomic E-state index is 8.87. The van der Waals surface area contributed by atoms with Crippen LogP contribution in [0, 0.1) is 11.3 Å². The van der Waals surface area contributed by atoms with E-state index in [0.29, 0.717) is 0 Å². The van der Waals surface area contributed by atoms with Crippen LogP contribution in [-0.4, -0.2) is 25.8 Å². The molecule has 84 valence electrons. The molecule has 1 aromatic carbocycles. The van der Waals surface area contributed by atoms with Crippen molar-refractivity contribution in [3.8, 4) is 6.07 Å². The molecule has 1 aliphatic rings. The van der Waals surface area contributed by atoms with Crippen LogP contribution in [0.4, 0.5) is 5.69 Å². The minimum atomic E-state index is 0.258. The Kier molecular flexibility index (Phi) is 3.43. The lowest BCUT2D eigenvalue weighted by Gasteiger charge is -2.24. The van der Waals surface area contributed by atoms with Gasteiger partial charge in [-0.1, -0.05) is 6.07 Å². The van der Waals surface area contributed by atoms with Crippen LogP contribution in [0.1, 0.15) is 18.9 Å². The molecule has 0 amide bonds. The summed E-state index contributed by atoms with van der Waals surface area (Å²) in [6.07, 6.45) is 1.30. The van der Waals surface area contributed by atoms with Crippen molar-refractivity contribution >= 4 is 5.69 Å². The molecule has 1 saturated heterocycles. The summed E-state index contributed by atoms with van der Waals surface area (Å²) in [7, 11) is 0. The second-order valence-corrected chi connectivity index (χ2v) is 4.14. The van der Waals surface area contributed by atoms with Crippen LogP contribution < -0.4 is 4.90 Å². The summed E-state index contributed by atoms with van der Waals surface area (Å²) in [4.78, 5) is 2.29. The van der Waals surface area contributed by atoms with Crippen LogP contribution >= 0.6 is 0 Å². The van der Waals surface area contributed by atoms with E-state index in [1.165, 1.54) is 0 Å². The first kappa shape index (κ1) is 11.0. The van der Waals surface area contributed by atoms with Gasteiger partial charge in [0.25, 0.3) is 0 Å². The predicted molar refractivity (Wildman–Crippen MR) is 63.4 cm³/mol. The summed E-state index contributed by atoms with van der Waals surface area (Å²) in [6, 6.07) is 9.94. The molecule has 3 nitrogen and oxygen atoms in total. The smallest absolute Gasteiger partial charge is 0.0992 e. The molecular formula is C13H16N2O. The summed E-state index contributed by atoms with van der Waals surface area (Å²) >= 11 is 0. The van der Waals surface area contributed by atoms with E-state index in [2.05, 4.69) is 24.0 Å². The average molecular weight is 216 g/mol. The summed E-state index contributed by atoms with van der Waals surface area (Å²) in [6.45, 7) is 4.82. The number of anilines is 1. The number of nitriles is 1. The van der Waals surface area contributed by atoms with Gasteiger partial charge in [0.1, 0.15) is 0 Å². The van der Waals surface area contributed by atoms with Gasteiger partial charge < -0.3 is 9.64 Å². The van der Waals surface area contributed by atoms with E-state index in [-0.39, 0.29) is 6.10 Å². The lowest BCUT2D eigenvalue weighted by molar-refractivity contribution is 0.0821. The Labute approximate surface area is 96.2 Å². The Balaban J connectivity index is 2.18. The van der Waals surface area contributed by atoms with Crippen molar-refractivity contribution in [2.45, 2.75) is 19.4 Å². The second kappa shape index (κ2) is 5.00. The van der Waals surface area contributed by atoms with Crippen molar-refractivity contribution in [2.75, 3.05) is 24.6 Å². The van der Waals surface area contributed by atoms with E-state index in [4.69, 9.17) is 10.00 Å². The highest BCUT2D eigenvalue weighted by atomic mass is 16.5. The SMILES string of the molecule is CC1CN(c2cccc(C#N)c2)CCCO1. The minimum absolute atomic E-state index is 0.258. The van der Waals surface area contributed by atoms with Gasteiger partial charge in [-0.2, -0.15) is 5.26 Å². The fourth-order valence-corrected chi connectivity index (χ4v) is 2.00. The summed E-state index contributed by atoms with van der Waals surface area (Å²) in [5.74, 6) is 0. The second-order valence-electron chi connectivity index (χ2n) is 4.14. The van der Waals surface area contributed by atoms with E-state index in [1.807, 2.05) is 18.2 Å². The van der Waals surface area contributed by atoms with E-state index in [9.17, 15) is 0 Å². The van der Waals surface area contributed by atoms with Gasteiger partial charge in [-0.3, -0.25) is 0 Å². The van der Waals surface area contributed by atoms with Gasteiger partial charge in [-0.05, 0) is 31.5 Å². The quantitative estimate of drug-likeness (QED) is 0.722. The van der Waals surface area contributed by atoms with Crippen LogP contribution in [0.2, 0.25) is 0 Å². The third kappa shape index (κ3) is 2.53. The molecular weight excluding hydrogens is 200 g/mol. The first-order valence-electron chi connectivity index (χ1n) is 5.66. The monoisotopic (exact) mass is 216 g/mol. The molecule has 0 N–H and O–H groups in total. The van der Waals surface area contributed by atoms with Crippen LogP contribution in [0.3, 0.4) is 0 Å². The van der Waals surface area contributed by atoms with Crippen molar-refractivity contribution in [3.05, 3.63) is 29.8 Å². The summed E-state index contributed by atoms with van der Waals surface area (Å²) in [5.41, 5.74) is 1.84. The Morgan fingerprint density at radius 2 is 2.38 bits per heavy atom. The highest BCUT2D eigenvalue weighted by molar-refractivity contribution is 5.51. The van der Waals surface area contributed by atoms with Gasteiger partial charge in [0.05, 0.1) is 17.7 Å². The molecule has 3 heteroatoms. The highest BCUT2D eigenvalue weighted by Gasteiger charge is 2.15. The number of rotatable bonds is 1. The molecule has 1 fully saturated rings. The van der Waals surface area contributed by atoms with Gasteiger partial charge >= 0.3 is 0 Å². The molecule has 0 saturated carbocycles. The molecule has 0 bridgehead atoms. The zero-order chi connectivity index (χ0) is 11.4. The summed E-state index contributed by atoms with van der Waals surface area (Å²) < 4.78 is 5.60. The number of benzene rings is 1. The number of ether oxygens (including phenoxy) is 1. The van der Waals surface area contributed by atoms with E-state index in [1.54, 1.807) is 0 Å². The molecule has 1 heterocycles. The van der Waals surface area contributed by atoms with Crippen molar-refractivity contribution in [3.63, 3.8) is 0 Å². The standard InChI is InChI=1S/C13H16N2O/c1-11-10-15(6-3-7-16-11)13-5-2-4-12(8-13)9-14/h2,4-5,8,11H,3,6-7,10H2,1H3. The van der Waals surface area contributed by atoms with Gasteiger partial charge in [-0.25, -0.2) is 0 Å². The molecule has 1 aliphatic heterocycles. The Morgan fingerprint density at radius 1 is 1.50 bits per heavy atom. The van der Waals surface area contributed by atoms with Crippen molar-refractivity contribution < 1.29 is 4.74 Å². The van der Waals surface area contributed by atoms with E-state index < -0.39 is 0 Å². The van der Waals surface area contributed by atoms with Crippen LogP contribution in [-0.2, 0) is 4.74 Å². The van der Waals surface area contributed by atoms with E-state index in [0.717, 1.165) is 37.4 Å². The molecule has 2 rings (SSSR count). The molecule has 0 radical (unpaired) electrons. The topological polar surface area (TPSA) is 36.3 Å². The first-order chi connectivity index (χ1) is 7.79. The maximum Gasteiger partial charge on any atom is 0.0992 e. The third-order valence-electron chi connectivity index (χ3n) is 2.79. The lowest BCUT2D eigenvalue weighted by Crippen LogP contribution is -2.30. The van der Waals surface area contributed by atoms with Gasteiger partial charge in [-0.15, -0.1) is 0 Å². The van der Waals surface area contributed by atoms with Crippen LogP contribution in [0.5, 0.6) is 0 Å². The molecule has 1 aromatic rings. The maximum absolute atomic E-state index is 8.87. The molecule has 0 aliphatic carbocycles. The lowest BCUT2D eigenvalue weighted by atomic mass is 10.2. The van der Waals surface area contributed by atoms with Crippen LogP contribution in [0.25, 0.3) is 0 Å². The third-order valence-corrected chi connectivity index (χ3v) is 2.79. The molecule has 0 spiro atoms. The van der Waals surface area contributed by atoms with Gasteiger partial charge in [0, 0.05) is 25.4 Å². The van der Waals surface area contributed by atoms with Gasteiger partial charge in [0.15, 0.2) is 0 Å². The van der Waals surface area contributed by atoms with Crippen molar-refractivity contribution in [1.82, 2.24) is 0 Å². The highest BCUT2D eigenvalue weighted by Crippen LogP contribution is 2.18. The van der Waals surface area contributed by atoms with Gasteiger partial charge in [0.2, 0.25) is 0 Å². The Bertz CT molecular complexity index is 397. The average Bonchev–Trinajstić information content (AvgIpc) is 2.54. The van der Waals surface area contributed by atoms with E-state index >= 15 is 0 Å². The summed E-state index contributed by atoms with van der Waals surface area (Å²) in [5, 5.41) is 8.87. The number of hydrogen-bond donors (Lipinski definition) is 0. The Morgan fingerprint density at radius 3 is 3.19 bits per heavy atom. The van der Waals surface area contributed by atoms with Crippen molar-refractivity contribution in [1.29, 1.82) is 5.26 Å². The minimum Gasteiger partial charge on any atom is -0.377 e. The predicted octanol–water partition coefficient (Wildman–Crippen LogP) is 2.17. The number of hydrogen-bond acceptors (Lipinski definition) is 3. The molecule has 0 aromatic heterocycles. The Hall–Kier alpha value is -1.53. The normalized spacial score (nSPS) is 21.2. The molecule has 1 unspecified atom stereocenters. The fourth-order valence-electron chi connectivity index (χ4n) is 2.00. The first-order valence-corrected chi connectivity index (χ1v) is 5.66. The zero-order valence-electron chi connectivity index (χ0n) is 9.52. The van der Waals surface area contributed by atoms with Crippen molar-refractivity contribution in [2.24, 2.45) is 0 Å². The fraction of sp³-hybridized carbons (Fsp3) is 0.462. The largest absolute Gasteiger partial charge is 0.377 e. The zero-order valence-corrected chi connectivity index (χ0v) is 9.52.